The Hall–Kier alpha value is -2.76. The molecule has 2 heterocycles. The van der Waals surface area contributed by atoms with Crippen molar-refractivity contribution >= 4 is 17.0 Å². The SMILES string of the molecule is CC[C@H](c1ccc(F)cc1)N(C)C(=O)c1cc(C(C)C)nc2onc(C)c12. The molecule has 1 atom stereocenters. The fourth-order valence-electron chi connectivity index (χ4n) is 3.33. The second kappa shape index (κ2) is 7.47. The summed E-state index contributed by atoms with van der Waals surface area (Å²) in [4.78, 5) is 19.6. The molecule has 1 amide bonds. The van der Waals surface area contributed by atoms with E-state index >= 15 is 0 Å². The number of halogens is 1. The number of hydrogen-bond acceptors (Lipinski definition) is 4. The molecule has 142 valence electrons. The Kier molecular flexibility index (Phi) is 5.26. The highest BCUT2D eigenvalue weighted by molar-refractivity contribution is 6.06. The Morgan fingerprint density at radius 3 is 2.52 bits per heavy atom. The number of pyridine rings is 1. The van der Waals surface area contributed by atoms with E-state index in [2.05, 4.69) is 10.1 Å². The molecule has 1 aromatic carbocycles. The van der Waals surface area contributed by atoms with E-state index in [9.17, 15) is 9.18 Å². The van der Waals surface area contributed by atoms with Gasteiger partial charge in [-0.1, -0.05) is 38.1 Å². The zero-order valence-corrected chi connectivity index (χ0v) is 16.3. The molecular weight excluding hydrogens is 345 g/mol. The molecule has 0 aliphatic heterocycles. The number of aryl methyl sites for hydroxylation is 1. The fraction of sp³-hybridized carbons (Fsp3) is 0.381. The number of fused-ring (bicyclic) bond motifs is 1. The van der Waals surface area contributed by atoms with Gasteiger partial charge < -0.3 is 9.42 Å². The van der Waals surface area contributed by atoms with Gasteiger partial charge in [-0.05, 0) is 43.0 Å². The van der Waals surface area contributed by atoms with Gasteiger partial charge in [0.05, 0.1) is 22.7 Å². The van der Waals surface area contributed by atoms with Crippen LogP contribution >= 0.6 is 0 Å². The first-order valence-electron chi connectivity index (χ1n) is 9.13. The molecule has 0 bridgehead atoms. The number of carbonyl (C=O) groups excluding carboxylic acids is 1. The van der Waals surface area contributed by atoms with Crippen molar-refractivity contribution in [2.75, 3.05) is 7.05 Å². The molecule has 0 radical (unpaired) electrons. The van der Waals surface area contributed by atoms with E-state index in [0.717, 1.165) is 11.3 Å². The third-order valence-corrected chi connectivity index (χ3v) is 4.89. The molecule has 0 saturated heterocycles. The predicted octanol–water partition coefficient (Wildman–Crippen LogP) is 5.02. The first kappa shape index (κ1) is 19.0. The van der Waals surface area contributed by atoms with E-state index in [1.165, 1.54) is 12.1 Å². The van der Waals surface area contributed by atoms with E-state index in [0.29, 0.717) is 28.8 Å². The van der Waals surface area contributed by atoms with Crippen LogP contribution in [0.2, 0.25) is 0 Å². The standard InChI is InChI=1S/C21H24FN3O2/c1-6-18(14-7-9-15(22)10-8-14)25(5)21(26)16-11-17(12(2)3)23-20-19(16)13(4)24-27-20/h7-12,18H,6H2,1-5H3/t18-/m1/s1. The third kappa shape index (κ3) is 3.56. The highest BCUT2D eigenvalue weighted by Crippen LogP contribution is 2.29. The maximum Gasteiger partial charge on any atom is 0.259 e. The maximum atomic E-state index is 13.4. The summed E-state index contributed by atoms with van der Waals surface area (Å²) < 4.78 is 18.6. The van der Waals surface area contributed by atoms with Gasteiger partial charge in [-0.15, -0.1) is 0 Å². The lowest BCUT2D eigenvalue weighted by molar-refractivity contribution is 0.0728. The molecule has 3 aromatic rings. The monoisotopic (exact) mass is 369 g/mol. The summed E-state index contributed by atoms with van der Waals surface area (Å²) in [6, 6.07) is 7.94. The summed E-state index contributed by atoms with van der Waals surface area (Å²) >= 11 is 0. The molecule has 6 heteroatoms. The molecule has 5 nitrogen and oxygen atoms in total. The third-order valence-electron chi connectivity index (χ3n) is 4.89. The zero-order valence-electron chi connectivity index (χ0n) is 16.3. The molecule has 0 aliphatic carbocycles. The molecule has 0 unspecified atom stereocenters. The van der Waals surface area contributed by atoms with Crippen molar-refractivity contribution in [2.24, 2.45) is 0 Å². The minimum Gasteiger partial charge on any atom is -0.336 e. The first-order valence-corrected chi connectivity index (χ1v) is 9.13. The summed E-state index contributed by atoms with van der Waals surface area (Å²) in [5.74, 6) is -0.275. The fourth-order valence-corrected chi connectivity index (χ4v) is 3.33. The predicted molar refractivity (Wildman–Crippen MR) is 102 cm³/mol. The molecule has 0 aliphatic rings. The number of amides is 1. The van der Waals surface area contributed by atoms with Crippen molar-refractivity contribution in [3.63, 3.8) is 0 Å². The highest BCUT2D eigenvalue weighted by Gasteiger charge is 2.26. The Morgan fingerprint density at radius 1 is 1.26 bits per heavy atom. The maximum absolute atomic E-state index is 13.4. The average Bonchev–Trinajstić information content (AvgIpc) is 3.03. The molecule has 0 saturated carbocycles. The smallest absolute Gasteiger partial charge is 0.259 e. The van der Waals surface area contributed by atoms with Crippen LogP contribution in [0.4, 0.5) is 4.39 Å². The lowest BCUT2D eigenvalue weighted by Crippen LogP contribution is -2.31. The minimum absolute atomic E-state index is 0.133. The van der Waals surface area contributed by atoms with Crippen molar-refractivity contribution in [3.05, 3.63) is 58.7 Å². The van der Waals surface area contributed by atoms with Gasteiger partial charge in [0.1, 0.15) is 5.82 Å². The number of hydrogen-bond donors (Lipinski definition) is 0. The van der Waals surface area contributed by atoms with Crippen molar-refractivity contribution < 1.29 is 13.7 Å². The normalized spacial score (nSPS) is 12.6. The second-order valence-corrected chi connectivity index (χ2v) is 7.09. The summed E-state index contributed by atoms with van der Waals surface area (Å²) in [6.07, 6.45) is 0.710. The van der Waals surface area contributed by atoms with E-state index in [-0.39, 0.29) is 23.7 Å². The van der Waals surface area contributed by atoms with Gasteiger partial charge in [0, 0.05) is 12.7 Å². The van der Waals surface area contributed by atoms with E-state index < -0.39 is 0 Å². The Labute approximate surface area is 158 Å². The van der Waals surface area contributed by atoms with Crippen LogP contribution in [0, 0.1) is 12.7 Å². The average molecular weight is 369 g/mol. The zero-order chi connectivity index (χ0) is 19.7. The Morgan fingerprint density at radius 2 is 1.93 bits per heavy atom. The number of carbonyl (C=O) groups is 1. The van der Waals surface area contributed by atoms with Gasteiger partial charge in [-0.25, -0.2) is 9.37 Å². The minimum atomic E-state index is -0.292. The van der Waals surface area contributed by atoms with Gasteiger partial charge in [-0.3, -0.25) is 4.79 Å². The largest absolute Gasteiger partial charge is 0.336 e. The second-order valence-electron chi connectivity index (χ2n) is 7.09. The van der Waals surface area contributed by atoms with Crippen LogP contribution in [0.5, 0.6) is 0 Å². The number of rotatable bonds is 5. The number of benzene rings is 1. The van der Waals surface area contributed by atoms with Gasteiger partial charge in [0.15, 0.2) is 0 Å². The van der Waals surface area contributed by atoms with E-state index in [1.54, 1.807) is 31.0 Å². The summed E-state index contributed by atoms with van der Waals surface area (Å²) in [5, 5.41) is 4.63. The van der Waals surface area contributed by atoms with Crippen LogP contribution in [-0.2, 0) is 0 Å². The highest BCUT2D eigenvalue weighted by atomic mass is 19.1. The number of aromatic nitrogens is 2. The molecule has 27 heavy (non-hydrogen) atoms. The summed E-state index contributed by atoms with van der Waals surface area (Å²) in [6.45, 7) is 7.84. The van der Waals surface area contributed by atoms with Crippen LogP contribution in [0.1, 0.15) is 66.5 Å². The first-order chi connectivity index (χ1) is 12.8. The molecular formula is C21H24FN3O2. The van der Waals surface area contributed by atoms with Crippen molar-refractivity contribution in [3.8, 4) is 0 Å². The molecule has 2 aromatic heterocycles. The van der Waals surface area contributed by atoms with Crippen LogP contribution in [-0.4, -0.2) is 28.0 Å². The Balaban J connectivity index is 2.05. The van der Waals surface area contributed by atoms with Gasteiger partial charge in [0.25, 0.3) is 11.6 Å². The summed E-state index contributed by atoms with van der Waals surface area (Å²) in [7, 11) is 1.77. The lowest BCUT2D eigenvalue weighted by Gasteiger charge is -2.28. The Bertz CT molecular complexity index is 963. The van der Waals surface area contributed by atoms with Gasteiger partial charge in [-0.2, -0.15) is 0 Å². The van der Waals surface area contributed by atoms with Crippen LogP contribution in [0.15, 0.2) is 34.9 Å². The summed E-state index contributed by atoms with van der Waals surface area (Å²) in [5.41, 5.74) is 3.23. The van der Waals surface area contributed by atoms with E-state index in [1.807, 2.05) is 26.8 Å². The topological polar surface area (TPSA) is 59.2 Å². The quantitative estimate of drug-likeness (QED) is 0.634. The van der Waals surface area contributed by atoms with Crippen LogP contribution < -0.4 is 0 Å². The lowest BCUT2D eigenvalue weighted by atomic mass is 10.00. The molecule has 0 fully saturated rings. The van der Waals surface area contributed by atoms with Crippen molar-refractivity contribution in [1.29, 1.82) is 0 Å². The van der Waals surface area contributed by atoms with Gasteiger partial charge >= 0.3 is 0 Å². The van der Waals surface area contributed by atoms with Crippen molar-refractivity contribution in [2.45, 2.75) is 46.1 Å². The van der Waals surface area contributed by atoms with E-state index in [4.69, 9.17) is 4.52 Å². The van der Waals surface area contributed by atoms with Crippen molar-refractivity contribution in [1.82, 2.24) is 15.0 Å². The molecule has 3 rings (SSSR count). The van der Waals surface area contributed by atoms with Gasteiger partial charge in [0.2, 0.25) is 0 Å². The molecule has 0 N–H and O–H groups in total. The van der Waals surface area contributed by atoms with Crippen LogP contribution in [0.25, 0.3) is 11.1 Å². The molecule has 0 spiro atoms. The van der Waals surface area contributed by atoms with Crippen LogP contribution in [0.3, 0.4) is 0 Å². The number of nitrogens with zero attached hydrogens (tertiary/aromatic N) is 3.